The quantitative estimate of drug-likeness (QED) is 0.448. The Morgan fingerprint density at radius 1 is 1.17 bits per heavy atom. The van der Waals surface area contributed by atoms with Gasteiger partial charge in [0, 0.05) is 6.42 Å². The van der Waals surface area contributed by atoms with E-state index in [-0.39, 0.29) is 0 Å². The number of carboxylic acids is 1. The Balaban J connectivity index is 2.90. The Labute approximate surface area is 74.3 Å². The normalized spacial score (nSPS) is 9.67. The molecule has 0 aromatic carbocycles. The lowest BCUT2D eigenvalue weighted by Gasteiger charge is -1.98. The summed E-state index contributed by atoms with van der Waals surface area (Å²) >= 11 is 0. The van der Waals surface area contributed by atoms with Gasteiger partial charge in [-0.25, -0.2) is 0 Å². The molecule has 70 valence electrons. The highest BCUT2D eigenvalue weighted by molar-refractivity contribution is 5.66. The maximum atomic E-state index is 10.1. The van der Waals surface area contributed by atoms with E-state index in [4.69, 9.17) is 11.7 Å². The number of rotatable bonds is 8. The highest BCUT2D eigenvalue weighted by Crippen LogP contribution is 2.06. The lowest BCUT2D eigenvalue weighted by atomic mass is 10.1. The minimum absolute atomic E-state index is 0.309. The van der Waals surface area contributed by atoms with Crippen LogP contribution in [-0.2, 0) is 4.79 Å². The van der Waals surface area contributed by atoms with E-state index in [2.05, 4.69) is 0 Å². The van der Waals surface area contributed by atoms with Crippen LogP contribution in [0.2, 0.25) is 0 Å². The molecule has 0 amide bonds. The molecule has 0 aromatic rings. The molecule has 0 saturated carbocycles. The molecule has 0 saturated heterocycles. The van der Waals surface area contributed by atoms with Crippen LogP contribution in [0.1, 0.15) is 44.9 Å². The summed E-state index contributed by atoms with van der Waals surface area (Å²) in [5.74, 6) is -0.690. The first kappa shape index (κ1) is 11.2. The Morgan fingerprint density at radius 2 is 1.75 bits per heavy atom. The van der Waals surface area contributed by atoms with Gasteiger partial charge in [-0.2, -0.15) is 0 Å². The maximum Gasteiger partial charge on any atom is 0.303 e. The van der Waals surface area contributed by atoms with E-state index in [1.807, 2.05) is 0 Å². The number of carboxylic acid groups (broad SMARTS) is 1. The Hall–Kier alpha value is -0.790. The van der Waals surface area contributed by atoms with Gasteiger partial charge >= 0.3 is 5.97 Å². The van der Waals surface area contributed by atoms with Gasteiger partial charge in [0.25, 0.3) is 0 Å². The van der Waals surface area contributed by atoms with Crippen molar-refractivity contribution in [1.29, 1.82) is 0 Å². The fourth-order valence-electron chi connectivity index (χ4n) is 1.07. The van der Waals surface area contributed by atoms with E-state index in [0.717, 1.165) is 38.5 Å². The molecule has 0 unspecified atom stereocenters. The summed E-state index contributed by atoms with van der Waals surface area (Å²) < 4.78 is 0. The first-order valence-electron chi connectivity index (χ1n) is 4.52. The standard InChI is InChI=1S/C10H17O2/c1-2-3-4-5-6-7-8-9-10(11)12/h1-2H,3-9H2,(H,11,12)/q-1. The first-order valence-corrected chi connectivity index (χ1v) is 4.52. The van der Waals surface area contributed by atoms with Crippen molar-refractivity contribution >= 4 is 5.97 Å². The Morgan fingerprint density at radius 3 is 2.33 bits per heavy atom. The first-order chi connectivity index (χ1) is 5.77. The average molecular weight is 169 g/mol. The van der Waals surface area contributed by atoms with Crippen LogP contribution >= 0.6 is 0 Å². The summed E-state index contributed by atoms with van der Waals surface area (Å²) in [5.41, 5.74) is 0. The molecule has 0 atom stereocenters. The van der Waals surface area contributed by atoms with Crippen molar-refractivity contribution in [2.24, 2.45) is 0 Å². The molecule has 12 heavy (non-hydrogen) atoms. The van der Waals surface area contributed by atoms with Gasteiger partial charge in [0.15, 0.2) is 0 Å². The fourth-order valence-corrected chi connectivity index (χ4v) is 1.07. The van der Waals surface area contributed by atoms with Gasteiger partial charge in [-0.05, 0) is 6.42 Å². The van der Waals surface area contributed by atoms with Crippen molar-refractivity contribution in [2.45, 2.75) is 44.9 Å². The number of hydrogen-bond donors (Lipinski definition) is 1. The van der Waals surface area contributed by atoms with E-state index in [1.165, 1.54) is 0 Å². The zero-order valence-electron chi connectivity index (χ0n) is 7.46. The van der Waals surface area contributed by atoms with Crippen LogP contribution in [-0.4, -0.2) is 11.1 Å². The second-order valence-corrected chi connectivity index (χ2v) is 2.94. The number of unbranched alkanes of at least 4 members (excludes halogenated alkanes) is 5. The fraction of sp³-hybridized carbons (Fsp3) is 0.700. The van der Waals surface area contributed by atoms with Crippen molar-refractivity contribution in [3.05, 3.63) is 12.7 Å². The van der Waals surface area contributed by atoms with E-state index in [0.29, 0.717) is 6.42 Å². The van der Waals surface area contributed by atoms with E-state index < -0.39 is 5.97 Å². The second-order valence-electron chi connectivity index (χ2n) is 2.94. The van der Waals surface area contributed by atoms with Crippen LogP contribution < -0.4 is 0 Å². The van der Waals surface area contributed by atoms with Gasteiger partial charge in [0.1, 0.15) is 0 Å². The lowest BCUT2D eigenvalue weighted by Crippen LogP contribution is -1.93. The summed E-state index contributed by atoms with van der Waals surface area (Å²) in [4.78, 5) is 10.1. The zero-order valence-corrected chi connectivity index (χ0v) is 7.46. The van der Waals surface area contributed by atoms with Gasteiger partial charge in [0.2, 0.25) is 0 Å². The van der Waals surface area contributed by atoms with E-state index >= 15 is 0 Å². The molecule has 0 fully saturated rings. The Bertz CT molecular complexity index is 130. The lowest BCUT2D eigenvalue weighted by molar-refractivity contribution is -0.137. The third kappa shape index (κ3) is 9.21. The molecular formula is C10H17O2-. The Kier molecular flexibility index (Phi) is 7.76. The maximum absolute atomic E-state index is 10.1. The van der Waals surface area contributed by atoms with Crippen LogP contribution in [0.3, 0.4) is 0 Å². The molecule has 0 aliphatic heterocycles. The van der Waals surface area contributed by atoms with Crippen molar-refractivity contribution in [2.75, 3.05) is 0 Å². The summed E-state index contributed by atoms with van der Waals surface area (Å²) in [7, 11) is 0. The predicted octanol–water partition coefficient (Wildman–Crippen LogP) is 2.79. The summed E-state index contributed by atoms with van der Waals surface area (Å²) in [6, 6.07) is 0. The largest absolute Gasteiger partial charge is 0.518 e. The van der Waals surface area contributed by atoms with Crippen LogP contribution in [0.25, 0.3) is 0 Å². The van der Waals surface area contributed by atoms with Crippen LogP contribution in [0.5, 0.6) is 0 Å². The number of allylic oxidation sites excluding steroid dienone is 1. The summed E-state index contributed by atoms with van der Waals surface area (Å²) in [6.07, 6.45) is 8.20. The van der Waals surface area contributed by atoms with Crippen LogP contribution in [0.4, 0.5) is 0 Å². The summed E-state index contributed by atoms with van der Waals surface area (Å²) in [6.45, 7) is 5.21. The number of aliphatic carboxylic acids is 1. The third-order valence-electron chi connectivity index (χ3n) is 1.76. The molecule has 2 heteroatoms. The predicted molar refractivity (Wildman–Crippen MR) is 48.8 cm³/mol. The summed E-state index contributed by atoms with van der Waals surface area (Å²) in [5, 5.41) is 8.33. The molecule has 0 aliphatic rings. The number of hydrogen-bond acceptors (Lipinski definition) is 1. The SMILES string of the molecule is [CH-]=CCCCCCCCC(=O)O. The molecule has 1 N–H and O–H groups in total. The molecule has 0 radical (unpaired) electrons. The third-order valence-corrected chi connectivity index (χ3v) is 1.76. The monoisotopic (exact) mass is 169 g/mol. The molecule has 0 rings (SSSR count). The van der Waals surface area contributed by atoms with E-state index in [9.17, 15) is 4.79 Å². The smallest absolute Gasteiger partial charge is 0.303 e. The average Bonchev–Trinajstić information content (AvgIpc) is 2.02. The highest BCUT2D eigenvalue weighted by Gasteiger charge is 1.95. The van der Waals surface area contributed by atoms with Gasteiger partial charge < -0.3 is 11.7 Å². The van der Waals surface area contributed by atoms with Gasteiger partial charge in [-0.3, -0.25) is 10.9 Å². The molecule has 2 nitrogen and oxygen atoms in total. The zero-order chi connectivity index (χ0) is 9.23. The highest BCUT2D eigenvalue weighted by atomic mass is 16.4. The minimum Gasteiger partial charge on any atom is -0.518 e. The molecular weight excluding hydrogens is 152 g/mol. The molecule has 0 spiro atoms. The van der Waals surface area contributed by atoms with Crippen LogP contribution in [0, 0.1) is 6.58 Å². The van der Waals surface area contributed by atoms with Gasteiger partial charge in [-0.1, -0.05) is 32.1 Å². The topological polar surface area (TPSA) is 37.3 Å². The van der Waals surface area contributed by atoms with Gasteiger partial charge in [-0.15, -0.1) is 0 Å². The number of carbonyl (C=O) groups is 1. The van der Waals surface area contributed by atoms with Crippen molar-refractivity contribution in [1.82, 2.24) is 0 Å². The second kappa shape index (κ2) is 8.31. The van der Waals surface area contributed by atoms with Crippen molar-refractivity contribution in [3.8, 4) is 0 Å². The van der Waals surface area contributed by atoms with Gasteiger partial charge in [0.05, 0.1) is 0 Å². The van der Waals surface area contributed by atoms with Crippen molar-refractivity contribution in [3.63, 3.8) is 0 Å². The molecule has 0 bridgehead atoms. The van der Waals surface area contributed by atoms with E-state index in [1.54, 1.807) is 6.08 Å². The molecule has 0 aromatic heterocycles. The minimum atomic E-state index is -0.690. The van der Waals surface area contributed by atoms with Crippen molar-refractivity contribution < 1.29 is 9.90 Å². The molecule has 0 heterocycles. The van der Waals surface area contributed by atoms with Crippen LogP contribution in [0.15, 0.2) is 6.08 Å². The molecule has 0 aliphatic carbocycles.